The van der Waals surface area contributed by atoms with E-state index in [2.05, 4.69) is 46.9 Å². The molecule has 6 aliphatic rings. The maximum Gasteiger partial charge on any atom is 0.192 e. The summed E-state index contributed by atoms with van der Waals surface area (Å²) in [6, 6.07) is 0. The van der Waals surface area contributed by atoms with Gasteiger partial charge >= 0.3 is 0 Å². The Morgan fingerprint density at radius 2 is 1.72 bits per heavy atom. The van der Waals surface area contributed by atoms with E-state index in [9.17, 15) is 0 Å². The fraction of sp³-hybridized carbons (Fsp3) is 0.926. The molecule has 0 aromatic carbocycles. The van der Waals surface area contributed by atoms with Crippen molar-refractivity contribution >= 4 is 19.9 Å². The Morgan fingerprint density at radius 3 is 2.41 bits per heavy atom. The quantitative estimate of drug-likeness (QED) is 0.241. The first kappa shape index (κ1) is 22.6. The molecule has 0 radical (unpaired) electrons. The average Bonchev–Trinajstić information content (AvgIpc) is 3.03. The van der Waals surface area contributed by atoms with Crippen molar-refractivity contribution in [2.45, 2.75) is 114 Å². The summed E-state index contributed by atoms with van der Waals surface area (Å²) in [5.74, 6) is 1.09. The van der Waals surface area contributed by atoms with Crippen molar-refractivity contribution in [3.8, 4) is 0 Å². The number of hydrogen-bond acceptors (Lipinski definition) is 3. The maximum absolute atomic E-state index is 7.37. The van der Waals surface area contributed by atoms with E-state index < -0.39 is 14.1 Å². The van der Waals surface area contributed by atoms with E-state index in [-0.39, 0.29) is 10.5 Å². The van der Waals surface area contributed by atoms with Crippen LogP contribution in [-0.4, -0.2) is 38.8 Å². The molecular formula is C27H43ClO3Si. The van der Waals surface area contributed by atoms with Crippen LogP contribution in [0.5, 0.6) is 0 Å². The molecule has 5 aliphatic carbocycles. The van der Waals surface area contributed by atoms with Crippen LogP contribution in [-0.2, 0) is 13.9 Å². The summed E-state index contributed by atoms with van der Waals surface area (Å²) in [6.07, 6.45) is 12.6. The number of rotatable bonds is 2. The molecule has 7 atom stereocenters. The third-order valence-corrected chi connectivity index (χ3v) is 17.0. The van der Waals surface area contributed by atoms with Gasteiger partial charge in [-0.3, -0.25) is 0 Å². The maximum atomic E-state index is 7.37. The minimum absolute atomic E-state index is 0.220. The van der Waals surface area contributed by atoms with Crippen LogP contribution in [0.1, 0.15) is 79.1 Å². The van der Waals surface area contributed by atoms with Gasteiger partial charge in [0.15, 0.2) is 14.1 Å². The standard InChI is InChI=1S/C27H43ClO3Si/c1-23(2,3)32(5,6)31-21-10-9-19-20-8-7-18-17-25(29-15-16-30-25)12-14-26(18)22(28)27(20,26)13-11-24(19,21)4/h17,19-22H,7-16H2,1-6H3/t19-,20-,21-,22+,24-,26+,27-/m0/s1. The lowest BCUT2D eigenvalue weighted by Crippen LogP contribution is -2.52. The zero-order valence-corrected chi connectivity index (χ0v) is 22.8. The highest BCUT2D eigenvalue weighted by molar-refractivity contribution is 6.74. The zero-order chi connectivity index (χ0) is 22.8. The van der Waals surface area contributed by atoms with Crippen LogP contribution in [0.3, 0.4) is 0 Å². The van der Waals surface area contributed by atoms with Crippen LogP contribution < -0.4 is 0 Å². The highest BCUT2D eigenvalue weighted by Gasteiger charge is 2.83. The number of hydrogen-bond donors (Lipinski definition) is 0. The molecule has 3 spiro atoms. The van der Waals surface area contributed by atoms with E-state index in [0.717, 1.165) is 37.9 Å². The molecule has 5 fully saturated rings. The fourth-order valence-electron chi connectivity index (χ4n) is 9.01. The summed E-state index contributed by atoms with van der Waals surface area (Å²) in [5.41, 5.74) is 2.44. The second-order valence-electron chi connectivity index (χ2n) is 13.8. The molecule has 0 N–H and O–H groups in total. The van der Waals surface area contributed by atoms with Gasteiger partial charge in [0.2, 0.25) is 0 Å². The summed E-state index contributed by atoms with van der Waals surface area (Å²) in [6.45, 7) is 16.0. The van der Waals surface area contributed by atoms with Crippen LogP contribution in [0.15, 0.2) is 11.6 Å². The minimum Gasteiger partial charge on any atom is -0.413 e. The number of alkyl halides is 1. The summed E-state index contributed by atoms with van der Waals surface area (Å²) >= 11 is 7.37. The van der Waals surface area contributed by atoms with Crippen molar-refractivity contribution in [3.05, 3.63) is 11.6 Å². The van der Waals surface area contributed by atoms with Crippen molar-refractivity contribution < 1.29 is 13.9 Å². The van der Waals surface area contributed by atoms with Gasteiger partial charge in [-0.2, -0.15) is 0 Å². The molecule has 5 heteroatoms. The first-order valence-electron chi connectivity index (χ1n) is 13.2. The summed E-state index contributed by atoms with van der Waals surface area (Å²) in [7, 11) is -1.77. The molecule has 0 aromatic heterocycles. The number of fused-ring (bicyclic) bond motifs is 2. The second-order valence-corrected chi connectivity index (χ2v) is 18.9. The smallest absolute Gasteiger partial charge is 0.192 e. The van der Waals surface area contributed by atoms with Crippen molar-refractivity contribution in [2.75, 3.05) is 13.2 Å². The van der Waals surface area contributed by atoms with Gasteiger partial charge in [-0.15, -0.1) is 11.6 Å². The van der Waals surface area contributed by atoms with Crippen LogP contribution in [0, 0.1) is 28.1 Å². The Kier molecular flexibility index (Phi) is 4.70. The molecule has 0 aromatic rings. The predicted molar refractivity (Wildman–Crippen MR) is 131 cm³/mol. The van der Waals surface area contributed by atoms with Crippen LogP contribution in [0.25, 0.3) is 0 Å². The van der Waals surface area contributed by atoms with Crippen LogP contribution in [0.4, 0.5) is 0 Å². The second kappa shape index (κ2) is 6.66. The van der Waals surface area contributed by atoms with E-state index in [0.29, 0.717) is 22.3 Å². The van der Waals surface area contributed by atoms with Gasteiger partial charge in [-0.05, 0) is 86.4 Å². The molecule has 4 saturated carbocycles. The highest BCUT2D eigenvalue weighted by atomic mass is 35.5. The van der Waals surface area contributed by atoms with E-state index in [1.165, 1.54) is 38.5 Å². The topological polar surface area (TPSA) is 27.7 Å². The Balaban J connectivity index is 1.29. The zero-order valence-electron chi connectivity index (χ0n) is 21.1. The van der Waals surface area contributed by atoms with Gasteiger partial charge in [0, 0.05) is 17.3 Å². The van der Waals surface area contributed by atoms with E-state index >= 15 is 0 Å². The van der Waals surface area contributed by atoms with Gasteiger partial charge in [-0.25, -0.2) is 0 Å². The van der Waals surface area contributed by atoms with Crippen molar-refractivity contribution in [1.82, 2.24) is 0 Å². The van der Waals surface area contributed by atoms with Crippen LogP contribution in [0.2, 0.25) is 18.1 Å². The number of allylic oxidation sites excluding steroid dienone is 1. The molecular weight excluding hydrogens is 436 g/mol. The molecule has 32 heavy (non-hydrogen) atoms. The largest absolute Gasteiger partial charge is 0.413 e. The molecule has 0 amide bonds. The molecule has 1 saturated heterocycles. The third-order valence-electron chi connectivity index (χ3n) is 11.8. The molecule has 1 aliphatic heterocycles. The lowest BCUT2D eigenvalue weighted by Gasteiger charge is -2.55. The SMILES string of the molecule is CC(C)(C)[Si](C)(C)O[C@H]1CC[C@H]2[C@@H]3CCC4=CC5(CC[C@]46[C@@H](Cl)[C@]36CC[C@]12C)OCCO5. The van der Waals surface area contributed by atoms with Crippen molar-refractivity contribution in [3.63, 3.8) is 0 Å². The van der Waals surface area contributed by atoms with Crippen molar-refractivity contribution in [1.29, 1.82) is 0 Å². The number of ether oxygens (including phenoxy) is 2. The predicted octanol–water partition coefficient (Wildman–Crippen LogP) is 7.05. The van der Waals surface area contributed by atoms with Gasteiger partial charge in [0.25, 0.3) is 0 Å². The minimum atomic E-state index is -1.77. The Morgan fingerprint density at radius 1 is 1.00 bits per heavy atom. The molecule has 180 valence electrons. The van der Waals surface area contributed by atoms with Gasteiger partial charge in [0.1, 0.15) is 0 Å². The van der Waals surface area contributed by atoms with Crippen LogP contribution >= 0.6 is 11.6 Å². The summed E-state index contributed by atoms with van der Waals surface area (Å²) in [5, 5.41) is 0.573. The normalized spacial score (nSPS) is 49.2. The highest BCUT2D eigenvalue weighted by Crippen LogP contribution is 2.86. The van der Waals surface area contributed by atoms with Crippen molar-refractivity contribution in [2.24, 2.45) is 28.1 Å². The van der Waals surface area contributed by atoms with Gasteiger partial charge < -0.3 is 13.9 Å². The first-order valence-corrected chi connectivity index (χ1v) is 16.6. The molecule has 6 rings (SSSR count). The molecule has 0 bridgehead atoms. The lowest BCUT2D eigenvalue weighted by molar-refractivity contribution is -0.135. The van der Waals surface area contributed by atoms with Gasteiger partial charge in [0.05, 0.1) is 24.7 Å². The third kappa shape index (κ3) is 2.60. The first-order chi connectivity index (χ1) is 14.9. The van der Waals surface area contributed by atoms with E-state index in [1.54, 1.807) is 5.57 Å². The average molecular weight is 479 g/mol. The van der Waals surface area contributed by atoms with Gasteiger partial charge in [-0.1, -0.05) is 33.3 Å². The van der Waals surface area contributed by atoms with E-state index in [4.69, 9.17) is 25.5 Å². The number of halogens is 1. The summed E-state index contributed by atoms with van der Waals surface area (Å²) < 4.78 is 19.3. The molecule has 3 nitrogen and oxygen atoms in total. The molecule has 0 unspecified atom stereocenters. The Bertz CT molecular complexity index is 842. The fourth-order valence-corrected chi connectivity index (χ4v) is 11.3. The monoisotopic (exact) mass is 478 g/mol. The van der Waals surface area contributed by atoms with E-state index in [1.807, 2.05) is 0 Å². The molecule has 1 heterocycles. The lowest BCUT2D eigenvalue weighted by atomic mass is 9.51. The Labute approximate surface area is 201 Å². The summed E-state index contributed by atoms with van der Waals surface area (Å²) in [4.78, 5) is 0. The Hall–Kier alpha value is 0.127.